The van der Waals surface area contributed by atoms with Crippen LogP contribution in [0.25, 0.3) is 0 Å². The van der Waals surface area contributed by atoms with E-state index < -0.39 is 0 Å². The Hall–Kier alpha value is -0.0800. The smallest absolute Gasteiger partial charge is 0.0649 e. The summed E-state index contributed by atoms with van der Waals surface area (Å²) in [6.45, 7) is 2.03. The van der Waals surface area contributed by atoms with Gasteiger partial charge in [0, 0.05) is 18.1 Å². The molecule has 3 fully saturated rings. The second-order valence-corrected chi connectivity index (χ2v) is 5.82. The minimum atomic E-state index is -0.374. The topological polar surface area (TPSA) is 23.5 Å². The molecule has 0 amide bonds. The molecule has 80 valence electrons. The number of fused-ring (bicyclic) bond motifs is 2. The highest BCUT2D eigenvalue weighted by Crippen LogP contribution is 2.44. The summed E-state index contributed by atoms with van der Waals surface area (Å²) in [7, 11) is 0. The van der Waals surface area contributed by atoms with Gasteiger partial charge in [-0.3, -0.25) is 4.90 Å². The number of aliphatic hydroxyl groups is 1. The molecule has 2 bridgehead atoms. The van der Waals surface area contributed by atoms with Crippen molar-refractivity contribution in [3.05, 3.63) is 0 Å². The van der Waals surface area contributed by atoms with Crippen molar-refractivity contribution in [3.63, 3.8) is 0 Å². The van der Waals surface area contributed by atoms with Crippen LogP contribution < -0.4 is 0 Å². The van der Waals surface area contributed by atoms with E-state index in [1.54, 1.807) is 0 Å². The van der Waals surface area contributed by atoms with E-state index in [2.05, 4.69) is 4.90 Å². The Morgan fingerprint density at radius 1 is 1.00 bits per heavy atom. The van der Waals surface area contributed by atoms with Crippen molar-refractivity contribution in [2.45, 2.75) is 75.6 Å². The third-order valence-electron chi connectivity index (χ3n) is 4.24. The van der Waals surface area contributed by atoms with Gasteiger partial charge in [-0.2, -0.15) is 0 Å². The molecule has 2 aliphatic heterocycles. The van der Waals surface area contributed by atoms with Gasteiger partial charge in [0.25, 0.3) is 0 Å². The fourth-order valence-corrected chi connectivity index (χ4v) is 3.67. The monoisotopic (exact) mass is 195 g/mol. The summed E-state index contributed by atoms with van der Waals surface area (Å²) in [6, 6.07) is 2.29. The molecule has 1 N–H and O–H groups in total. The zero-order chi connectivity index (χ0) is 9.76. The van der Waals surface area contributed by atoms with Crippen LogP contribution in [0.4, 0.5) is 0 Å². The maximum atomic E-state index is 10.2. The summed E-state index contributed by atoms with van der Waals surface area (Å²) < 4.78 is 0. The van der Waals surface area contributed by atoms with Crippen LogP contribution in [-0.4, -0.2) is 33.7 Å². The van der Waals surface area contributed by atoms with Crippen LogP contribution in [0, 0.1) is 0 Å². The van der Waals surface area contributed by atoms with Crippen LogP contribution in [-0.2, 0) is 0 Å². The number of piperidine rings is 2. The van der Waals surface area contributed by atoms with E-state index in [1.165, 1.54) is 32.1 Å². The first kappa shape index (κ1) is 9.17. The minimum Gasteiger partial charge on any atom is -0.390 e. The third-order valence-corrected chi connectivity index (χ3v) is 4.24. The van der Waals surface area contributed by atoms with Crippen LogP contribution in [0.3, 0.4) is 0 Å². The van der Waals surface area contributed by atoms with Crippen molar-refractivity contribution in [3.8, 4) is 0 Å². The molecule has 3 rings (SSSR count). The molecule has 0 aromatic carbocycles. The molecular weight excluding hydrogens is 174 g/mol. The number of hydrogen-bond donors (Lipinski definition) is 1. The second-order valence-electron chi connectivity index (χ2n) is 5.82. The van der Waals surface area contributed by atoms with Gasteiger partial charge in [0.1, 0.15) is 0 Å². The molecule has 2 nitrogen and oxygen atoms in total. The molecule has 0 radical (unpaired) electrons. The summed E-state index contributed by atoms with van der Waals surface area (Å²) >= 11 is 0. The van der Waals surface area contributed by atoms with Gasteiger partial charge in [-0.15, -0.1) is 0 Å². The summed E-state index contributed by atoms with van der Waals surface area (Å²) in [5.41, 5.74) is -0.374. The van der Waals surface area contributed by atoms with Gasteiger partial charge >= 0.3 is 0 Å². The molecular formula is C12H21NO. The molecule has 1 aliphatic carbocycles. The highest BCUT2D eigenvalue weighted by Gasteiger charge is 2.47. The quantitative estimate of drug-likeness (QED) is 0.691. The highest BCUT2D eigenvalue weighted by molar-refractivity contribution is 5.03. The Kier molecular flexibility index (Phi) is 1.94. The van der Waals surface area contributed by atoms with E-state index in [9.17, 15) is 5.11 Å². The fourth-order valence-electron chi connectivity index (χ4n) is 3.67. The zero-order valence-electron chi connectivity index (χ0n) is 9.08. The van der Waals surface area contributed by atoms with Crippen LogP contribution >= 0.6 is 0 Å². The lowest BCUT2D eigenvalue weighted by atomic mass is 9.76. The lowest BCUT2D eigenvalue weighted by Crippen LogP contribution is -2.57. The van der Waals surface area contributed by atoms with Crippen molar-refractivity contribution in [2.75, 3.05) is 0 Å². The Morgan fingerprint density at radius 3 is 2.07 bits per heavy atom. The maximum Gasteiger partial charge on any atom is 0.0649 e. The van der Waals surface area contributed by atoms with Gasteiger partial charge in [-0.25, -0.2) is 0 Å². The first-order chi connectivity index (χ1) is 6.66. The van der Waals surface area contributed by atoms with Gasteiger partial charge < -0.3 is 5.11 Å². The molecule has 3 aliphatic rings. The lowest BCUT2D eigenvalue weighted by molar-refractivity contribution is -0.0848. The summed E-state index contributed by atoms with van der Waals surface area (Å²) in [5, 5.41) is 10.2. The van der Waals surface area contributed by atoms with Crippen molar-refractivity contribution in [1.29, 1.82) is 0 Å². The predicted molar refractivity (Wildman–Crippen MR) is 56.1 cm³/mol. The van der Waals surface area contributed by atoms with E-state index in [1.807, 2.05) is 6.92 Å². The molecule has 2 atom stereocenters. The Labute approximate surface area is 86.3 Å². The van der Waals surface area contributed by atoms with Gasteiger partial charge in [0.15, 0.2) is 0 Å². The first-order valence-corrected chi connectivity index (χ1v) is 6.15. The third kappa shape index (κ3) is 1.49. The van der Waals surface area contributed by atoms with E-state index in [0.717, 1.165) is 18.9 Å². The Bertz CT molecular complexity index is 218. The number of hydrogen-bond acceptors (Lipinski definition) is 2. The normalized spacial score (nSPS) is 49.3. The van der Waals surface area contributed by atoms with Crippen molar-refractivity contribution in [1.82, 2.24) is 4.90 Å². The molecule has 2 heterocycles. The molecule has 1 saturated carbocycles. The molecule has 2 heteroatoms. The molecule has 0 unspecified atom stereocenters. The molecule has 2 saturated heterocycles. The summed E-state index contributed by atoms with van der Waals surface area (Å²) in [4.78, 5) is 2.75. The number of rotatable bonds is 1. The van der Waals surface area contributed by atoms with Gasteiger partial charge in [0.2, 0.25) is 0 Å². The lowest BCUT2D eigenvalue weighted by Gasteiger charge is -2.51. The molecule has 0 aromatic rings. The van der Waals surface area contributed by atoms with E-state index in [0.29, 0.717) is 12.1 Å². The first-order valence-electron chi connectivity index (χ1n) is 6.15. The van der Waals surface area contributed by atoms with Crippen LogP contribution in [0.2, 0.25) is 0 Å². The molecule has 0 spiro atoms. The SMILES string of the molecule is CC1(O)C[C@@H]2CCC[C@@H](C1)N2C1CC1. The van der Waals surface area contributed by atoms with Gasteiger partial charge in [-0.1, -0.05) is 6.42 Å². The minimum absolute atomic E-state index is 0.374. The van der Waals surface area contributed by atoms with E-state index >= 15 is 0 Å². The summed E-state index contributed by atoms with van der Waals surface area (Å²) in [5.74, 6) is 0. The second kappa shape index (κ2) is 2.96. The molecule has 0 aromatic heterocycles. The average molecular weight is 195 g/mol. The zero-order valence-corrected chi connectivity index (χ0v) is 9.08. The van der Waals surface area contributed by atoms with E-state index in [4.69, 9.17) is 0 Å². The fraction of sp³-hybridized carbons (Fsp3) is 1.00. The van der Waals surface area contributed by atoms with Crippen LogP contribution in [0.15, 0.2) is 0 Å². The number of nitrogens with zero attached hydrogens (tertiary/aromatic N) is 1. The van der Waals surface area contributed by atoms with Crippen LogP contribution in [0.1, 0.15) is 51.9 Å². The largest absolute Gasteiger partial charge is 0.390 e. The predicted octanol–water partition coefficient (Wildman–Crippen LogP) is 1.92. The van der Waals surface area contributed by atoms with Crippen molar-refractivity contribution >= 4 is 0 Å². The van der Waals surface area contributed by atoms with Crippen LogP contribution in [0.5, 0.6) is 0 Å². The Balaban J connectivity index is 1.81. The standard InChI is InChI=1S/C12H21NO/c1-12(14)7-10-3-2-4-11(8-12)13(10)9-5-6-9/h9-11,14H,2-8H2,1H3/t10-,11-/m0/s1. The Morgan fingerprint density at radius 2 is 1.57 bits per heavy atom. The molecule has 14 heavy (non-hydrogen) atoms. The van der Waals surface area contributed by atoms with Gasteiger partial charge in [0.05, 0.1) is 5.60 Å². The van der Waals surface area contributed by atoms with E-state index in [-0.39, 0.29) is 5.60 Å². The van der Waals surface area contributed by atoms with Crippen molar-refractivity contribution < 1.29 is 5.11 Å². The highest BCUT2D eigenvalue weighted by atomic mass is 16.3. The maximum absolute atomic E-state index is 10.2. The van der Waals surface area contributed by atoms with Gasteiger partial charge in [-0.05, 0) is 45.4 Å². The summed E-state index contributed by atoms with van der Waals surface area (Å²) in [6.07, 6.45) is 8.88. The average Bonchev–Trinajstić information content (AvgIpc) is 2.83. The van der Waals surface area contributed by atoms with Crippen molar-refractivity contribution in [2.24, 2.45) is 0 Å².